The molecule has 0 saturated heterocycles. The van der Waals surface area contributed by atoms with Crippen molar-refractivity contribution in [2.75, 3.05) is 19.7 Å². The summed E-state index contributed by atoms with van der Waals surface area (Å²) in [6.45, 7) is 0.949. The predicted molar refractivity (Wildman–Crippen MR) is 114 cm³/mol. The summed E-state index contributed by atoms with van der Waals surface area (Å²) >= 11 is 5.97. The highest BCUT2D eigenvalue weighted by molar-refractivity contribution is 6.30. The number of hydrogen-bond donors (Lipinski definition) is 2. The molecule has 158 valence electrons. The van der Waals surface area contributed by atoms with Gasteiger partial charge in [-0.05, 0) is 73.0 Å². The monoisotopic (exact) mass is 438 g/mol. The minimum atomic E-state index is -1.23. The second kappa shape index (κ2) is 11.4. The van der Waals surface area contributed by atoms with E-state index in [0.29, 0.717) is 29.2 Å². The molecular formula is C22H26Cl2NO4-. The lowest BCUT2D eigenvalue weighted by Crippen LogP contribution is -2.28. The summed E-state index contributed by atoms with van der Waals surface area (Å²) < 4.78 is 5.12. The van der Waals surface area contributed by atoms with Crippen LogP contribution < -0.4 is 15.2 Å². The van der Waals surface area contributed by atoms with Gasteiger partial charge in [-0.2, -0.15) is 0 Å². The first-order valence-corrected chi connectivity index (χ1v) is 9.96. The minimum absolute atomic E-state index is 0. The summed E-state index contributed by atoms with van der Waals surface area (Å²) in [6, 6.07) is 15.0. The van der Waals surface area contributed by atoms with Crippen LogP contribution in [0.25, 0.3) is 0 Å². The van der Waals surface area contributed by atoms with Crippen LogP contribution in [0.5, 0.6) is 5.75 Å². The van der Waals surface area contributed by atoms with Crippen LogP contribution in [0.2, 0.25) is 5.02 Å². The van der Waals surface area contributed by atoms with E-state index >= 15 is 0 Å². The number of carboxylic acid groups (broad SMARTS) is 1. The highest BCUT2D eigenvalue weighted by atomic mass is 35.5. The van der Waals surface area contributed by atoms with E-state index in [1.54, 1.807) is 12.1 Å². The Morgan fingerprint density at radius 1 is 1.24 bits per heavy atom. The van der Waals surface area contributed by atoms with Crippen LogP contribution in [0, 0.1) is 5.92 Å². The van der Waals surface area contributed by atoms with Gasteiger partial charge in [-0.1, -0.05) is 35.9 Å². The molecule has 2 aromatic carbocycles. The lowest BCUT2D eigenvalue weighted by Gasteiger charge is -2.16. The topological polar surface area (TPSA) is 81.6 Å². The van der Waals surface area contributed by atoms with Crippen molar-refractivity contribution in [1.82, 2.24) is 5.32 Å². The van der Waals surface area contributed by atoms with Crippen LogP contribution in [0.4, 0.5) is 0 Å². The van der Waals surface area contributed by atoms with Gasteiger partial charge in [0.15, 0.2) is 0 Å². The number of aliphatic hydroxyl groups excluding tert-OH is 1. The summed E-state index contributed by atoms with van der Waals surface area (Å²) in [6.07, 6.45) is 2.81. The molecule has 1 aliphatic rings. The quantitative estimate of drug-likeness (QED) is 0.628. The molecule has 3 rings (SSSR count). The Hall–Kier alpha value is -1.79. The van der Waals surface area contributed by atoms with Crippen LogP contribution in [-0.2, 0) is 4.79 Å². The Bertz CT molecular complexity index is 785. The minimum Gasteiger partial charge on any atom is -0.546 e. The molecule has 2 N–H and O–H groups in total. The third-order valence-electron chi connectivity index (χ3n) is 5.25. The summed E-state index contributed by atoms with van der Waals surface area (Å²) in [5, 5.41) is 24.7. The number of carbonyl (C=O) groups is 1. The molecule has 29 heavy (non-hydrogen) atoms. The zero-order chi connectivity index (χ0) is 19.9. The number of aliphatic hydroxyl groups is 1. The lowest BCUT2D eigenvalue weighted by atomic mass is 9.96. The largest absolute Gasteiger partial charge is 0.546 e. The number of carbonyl (C=O) groups excluding carboxylic acids is 1. The van der Waals surface area contributed by atoms with Gasteiger partial charge < -0.3 is 25.1 Å². The first-order chi connectivity index (χ1) is 13.5. The highest BCUT2D eigenvalue weighted by Crippen LogP contribution is 2.38. The molecule has 1 aliphatic carbocycles. The molecule has 0 radical (unpaired) electrons. The van der Waals surface area contributed by atoms with Gasteiger partial charge in [-0.15, -0.1) is 12.4 Å². The maximum Gasteiger partial charge on any atom is 0.128 e. The van der Waals surface area contributed by atoms with Gasteiger partial charge in [0.05, 0.1) is 12.1 Å². The molecule has 0 amide bonds. The van der Waals surface area contributed by atoms with Crippen molar-refractivity contribution in [2.24, 2.45) is 5.92 Å². The number of rotatable bonds is 9. The average Bonchev–Trinajstić information content (AvgIpc) is 3.15. The molecule has 0 spiro atoms. The van der Waals surface area contributed by atoms with Crippen LogP contribution >= 0.6 is 24.0 Å². The maximum atomic E-state index is 10.4. The number of hydrogen-bond acceptors (Lipinski definition) is 5. The number of aliphatic carboxylic acids is 1. The molecule has 1 saturated carbocycles. The molecular weight excluding hydrogens is 413 g/mol. The number of halogens is 2. The smallest absolute Gasteiger partial charge is 0.128 e. The van der Waals surface area contributed by atoms with Crippen molar-refractivity contribution in [1.29, 1.82) is 0 Å². The second-order valence-corrected chi connectivity index (χ2v) is 7.77. The SMILES string of the molecule is Cl.O=C([O-])COc1ccc(C2CCC(CNCC(O)c3cccc(Cl)c3)C2)cc1. The van der Waals surface area contributed by atoms with E-state index in [9.17, 15) is 15.0 Å². The molecule has 0 heterocycles. The molecule has 5 nitrogen and oxygen atoms in total. The van der Waals surface area contributed by atoms with Crippen LogP contribution in [0.1, 0.15) is 42.4 Å². The molecule has 2 aromatic rings. The van der Waals surface area contributed by atoms with Gasteiger partial charge in [0.25, 0.3) is 0 Å². The molecule has 0 aliphatic heterocycles. The Morgan fingerprint density at radius 2 is 2.00 bits per heavy atom. The number of nitrogens with one attached hydrogen (secondary N) is 1. The van der Waals surface area contributed by atoms with Crippen LogP contribution in [0.15, 0.2) is 48.5 Å². The summed E-state index contributed by atoms with van der Waals surface area (Å²) in [4.78, 5) is 10.4. The van der Waals surface area contributed by atoms with Gasteiger partial charge in [0.1, 0.15) is 12.4 Å². The average molecular weight is 439 g/mol. The zero-order valence-electron chi connectivity index (χ0n) is 16.1. The molecule has 1 fully saturated rings. The van der Waals surface area contributed by atoms with E-state index < -0.39 is 18.7 Å². The normalized spacial score (nSPS) is 19.4. The van der Waals surface area contributed by atoms with Gasteiger partial charge in [-0.3, -0.25) is 0 Å². The van der Waals surface area contributed by atoms with Crippen molar-refractivity contribution >= 4 is 30.0 Å². The van der Waals surface area contributed by atoms with Crippen molar-refractivity contribution in [3.8, 4) is 5.75 Å². The molecule has 0 bridgehead atoms. The van der Waals surface area contributed by atoms with Crippen molar-refractivity contribution < 1.29 is 19.7 Å². The van der Waals surface area contributed by atoms with Gasteiger partial charge >= 0.3 is 0 Å². The Morgan fingerprint density at radius 3 is 2.69 bits per heavy atom. The van der Waals surface area contributed by atoms with Crippen LogP contribution in [-0.4, -0.2) is 30.8 Å². The summed E-state index contributed by atoms with van der Waals surface area (Å²) in [5.41, 5.74) is 2.08. The lowest BCUT2D eigenvalue weighted by molar-refractivity contribution is -0.307. The zero-order valence-corrected chi connectivity index (χ0v) is 17.6. The van der Waals surface area contributed by atoms with E-state index in [-0.39, 0.29) is 12.4 Å². The fraction of sp³-hybridized carbons (Fsp3) is 0.409. The standard InChI is InChI=1S/C22H26ClNO4.ClH/c23-19-3-1-2-18(11-19)21(25)13-24-12-15-4-5-17(10-15)16-6-8-20(9-7-16)28-14-22(26)27;/h1-3,6-9,11,15,17,21,24-25H,4-5,10,12-14H2,(H,26,27);1H/p-1. The van der Waals surface area contributed by atoms with E-state index in [4.69, 9.17) is 16.3 Å². The van der Waals surface area contributed by atoms with E-state index in [0.717, 1.165) is 31.4 Å². The van der Waals surface area contributed by atoms with Gasteiger partial charge in [0, 0.05) is 11.6 Å². The second-order valence-electron chi connectivity index (χ2n) is 7.33. The first-order valence-electron chi connectivity index (χ1n) is 9.58. The molecule has 7 heteroatoms. The van der Waals surface area contributed by atoms with Crippen molar-refractivity contribution in [2.45, 2.75) is 31.3 Å². The highest BCUT2D eigenvalue weighted by Gasteiger charge is 2.25. The molecule has 0 aromatic heterocycles. The van der Waals surface area contributed by atoms with Crippen LogP contribution in [0.3, 0.4) is 0 Å². The fourth-order valence-electron chi connectivity index (χ4n) is 3.80. The molecule has 3 atom stereocenters. The third-order valence-corrected chi connectivity index (χ3v) is 5.49. The van der Waals surface area contributed by atoms with Gasteiger partial charge in [-0.25, -0.2) is 0 Å². The fourth-order valence-corrected chi connectivity index (χ4v) is 4.00. The predicted octanol–water partition coefficient (Wildman–Crippen LogP) is 3.10. The third kappa shape index (κ3) is 7.19. The van der Waals surface area contributed by atoms with E-state index in [2.05, 4.69) is 5.32 Å². The summed E-state index contributed by atoms with van der Waals surface area (Å²) in [5.74, 6) is 0.389. The first kappa shape index (κ1) is 23.5. The van der Waals surface area contributed by atoms with Crippen molar-refractivity contribution in [3.63, 3.8) is 0 Å². The Kier molecular flexibility index (Phi) is 9.24. The number of carboxylic acids is 1. The van der Waals surface area contributed by atoms with Gasteiger partial charge in [0.2, 0.25) is 0 Å². The Labute approximate surface area is 182 Å². The summed E-state index contributed by atoms with van der Waals surface area (Å²) in [7, 11) is 0. The number of benzene rings is 2. The Balaban J connectivity index is 0.00000300. The maximum absolute atomic E-state index is 10.4. The van der Waals surface area contributed by atoms with E-state index in [1.165, 1.54) is 5.56 Å². The van der Waals surface area contributed by atoms with E-state index in [1.807, 2.05) is 36.4 Å². The van der Waals surface area contributed by atoms with Crippen molar-refractivity contribution in [3.05, 3.63) is 64.7 Å². The molecule has 3 unspecified atom stereocenters. The number of ether oxygens (including phenoxy) is 1.